The maximum atomic E-state index is 6.05. The number of nitrogens with two attached hydrogens (primary N) is 1. The molecule has 2 fully saturated rings. The Morgan fingerprint density at radius 1 is 1.21 bits per heavy atom. The van der Waals surface area contributed by atoms with Crippen molar-refractivity contribution in [2.45, 2.75) is 45.4 Å². The zero-order valence-electron chi connectivity index (χ0n) is 12.1. The van der Waals surface area contributed by atoms with Crippen LogP contribution < -0.4 is 5.73 Å². The Morgan fingerprint density at radius 3 is 2.68 bits per heavy atom. The highest BCUT2D eigenvalue weighted by atomic mass is 14.6. The van der Waals surface area contributed by atoms with Gasteiger partial charge >= 0.3 is 0 Å². The van der Waals surface area contributed by atoms with E-state index in [-0.39, 0.29) is 0 Å². The summed E-state index contributed by atoms with van der Waals surface area (Å²) >= 11 is 0. The van der Waals surface area contributed by atoms with Gasteiger partial charge in [-0.2, -0.15) is 0 Å². The smallest absolute Gasteiger partial charge is 0.00456 e. The molecule has 2 aliphatic rings. The van der Waals surface area contributed by atoms with Crippen molar-refractivity contribution >= 4 is 0 Å². The molecular weight excluding hydrogens is 230 g/mol. The molecule has 1 aromatic rings. The Hall–Kier alpha value is -0.820. The molecule has 1 nitrogen and oxygen atoms in total. The van der Waals surface area contributed by atoms with Crippen molar-refractivity contribution in [1.29, 1.82) is 0 Å². The molecule has 0 heterocycles. The Morgan fingerprint density at radius 2 is 2.05 bits per heavy atom. The second-order valence-corrected chi connectivity index (χ2v) is 6.90. The Labute approximate surface area is 117 Å². The summed E-state index contributed by atoms with van der Waals surface area (Å²) in [6, 6.07) is 8.79. The average molecular weight is 257 g/mol. The third-order valence-electron chi connectivity index (χ3n) is 5.62. The van der Waals surface area contributed by atoms with Crippen LogP contribution in [-0.2, 0) is 6.42 Å². The fraction of sp³-hybridized carbons (Fsp3) is 0.667. The minimum absolute atomic E-state index is 0.686. The molecular formula is C18H27N. The number of rotatable bonds is 5. The van der Waals surface area contributed by atoms with Gasteiger partial charge in [0.15, 0.2) is 0 Å². The van der Waals surface area contributed by atoms with E-state index in [0.29, 0.717) is 5.92 Å². The van der Waals surface area contributed by atoms with Gasteiger partial charge in [-0.05, 0) is 80.4 Å². The van der Waals surface area contributed by atoms with Crippen molar-refractivity contribution in [3.63, 3.8) is 0 Å². The first-order chi connectivity index (χ1) is 9.26. The van der Waals surface area contributed by atoms with Crippen molar-refractivity contribution in [2.75, 3.05) is 6.54 Å². The Balaban J connectivity index is 1.60. The van der Waals surface area contributed by atoms with E-state index in [9.17, 15) is 0 Å². The van der Waals surface area contributed by atoms with E-state index in [2.05, 4.69) is 31.2 Å². The maximum absolute atomic E-state index is 6.05. The predicted molar refractivity (Wildman–Crippen MR) is 81.0 cm³/mol. The van der Waals surface area contributed by atoms with E-state index in [1.165, 1.54) is 49.7 Å². The third kappa shape index (κ3) is 2.86. The average Bonchev–Trinajstić information content (AvgIpc) is 3.02. The van der Waals surface area contributed by atoms with Crippen LogP contribution in [0.25, 0.3) is 0 Å². The van der Waals surface area contributed by atoms with Crippen molar-refractivity contribution in [3.8, 4) is 0 Å². The zero-order valence-corrected chi connectivity index (χ0v) is 12.1. The van der Waals surface area contributed by atoms with E-state index in [4.69, 9.17) is 5.73 Å². The molecule has 2 N–H and O–H groups in total. The van der Waals surface area contributed by atoms with Crippen molar-refractivity contribution in [3.05, 3.63) is 35.4 Å². The molecule has 0 spiro atoms. The van der Waals surface area contributed by atoms with E-state index in [0.717, 1.165) is 24.3 Å². The van der Waals surface area contributed by atoms with Crippen molar-refractivity contribution < 1.29 is 0 Å². The summed E-state index contributed by atoms with van der Waals surface area (Å²) in [5.41, 5.74) is 8.97. The molecule has 0 amide bonds. The van der Waals surface area contributed by atoms with Gasteiger partial charge in [-0.1, -0.05) is 30.7 Å². The number of benzene rings is 1. The Bertz CT molecular complexity index is 425. The van der Waals surface area contributed by atoms with E-state index < -0.39 is 0 Å². The number of fused-ring (bicyclic) bond motifs is 2. The molecule has 4 unspecified atom stereocenters. The molecule has 1 heteroatoms. The van der Waals surface area contributed by atoms with Crippen LogP contribution in [0.2, 0.25) is 0 Å². The summed E-state index contributed by atoms with van der Waals surface area (Å²) in [7, 11) is 0. The zero-order chi connectivity index (χ0) is 13.2. The summed E-state index contributed by atoms with van der Waals surface area (Å²) in [5, 5.41) is 0. The topological polar surface area (TPSA) is 26.0 Å². The van der Waals surface area contributed by atoms with Crippen molar-refractivity contribution in [2.24, 2.45) is 29.4 Å². The largest absolute Gasteiger partial charge is 0.330 e. The molecule has 1 aromatic carbocycles. The third-order valence-corrected chi connectivity index (χ3v) is 5.62. The van der Waals surface area contributed by atoms with Gasteiger partial charge in [0.05, 0.1) is 0 Å². The molecule has 3 rings (SSSR count). The molecule has 104 valence electrons. The van der Waals surface area contributed by atoms with E-state index in [1.807, 2.05) is 0 Å². The highest BCUT2D eigenvalue weighted by Crippen LogP contribution is 2.50. The van der Waals surface area contributed by atoms with Crippen LogP contribution in [0, 0.1) is 30.6 Å². The predicted octanol–water partition coefficient (Wildman–Crippen LogP) is 3.94. The Kier molecular flexibility index (Phi) is 3.93. The van der Waals surface area contributed by atoms with Crippen LogP contribution in [0.4, 0.5) is 0 Å². The van der Waals surface area contributed by atoms with E-state index in [1.54, 1.807) is 0 Å². The summed E-state index contributed by atoms with van der Waals surface area (Å²) in [6.45, 7) is 3.07. The number of hydrogen-bond donors (Lipinski definition) is 1. The molecule has 0 aliphatic heterocycles. The lowest BCUT2D eigenvalue weighted by atomic mass is 9.80. The molecule has 2 bridgehead atoms. The number of hydrogen-bond acceptors (Lipinski definition) is 1. The first kappa shape index (κ1) is 13.2. The van der Waals surface area contributed by atoms with Gasteiger partial charge in [-0.3, -0.25) is 0 Å². The van der Waals surface area contributed by atoms with Gasteiger partial charge in [0.2, 0.25) is 0 Å². The van der Waals surface area contributed by atoms with Gasteiger partial charge < -0.3 is 5.73 Å². The lowest BCUT2D eigenvalue weighted by Gasteiger charge is -2.26. The van der Waals surface area contributed by atoms with Crippen LogP contribution in [0.15, 0.2) is 24.3 Å². The summed E-state index contributed by atoms with van der Waals surface area (Å²) in [5.74, 6) is 3.77. The quantitative estimate of drug-likeness (QED) is 0.849. The molecule has 2 saturated carbocycles. The van der Waals surface area contributed by atoms with Crippen LogP contribution in [0.1, 0.15) is 43.2 Å². The summed E-state index contributed by atoms with van der Waals surface area (Å²) in [6.07, 6.45) is 8.56. The second kappa shape index (κ2) is 5.66. The molecule has 4 atom stereocenters. The van der Waals surface area contributed by atoms with Gasteiger partial charge in [-0.25, -0.2) is 0 Å². The molecule has 2 aliphatic carbocycles. The SMILES string of the molecule is Cc1ccccc1CC(CN)CC1CC2CCC1C2. The summed E-state index contributed by atoms with van der Waals surface area (Å²) in [4.78, 5) is 0. The second-order valence-electron chi connectivity index (χ2n) is 6.90. The minimum Gasteiger partial charge on any atom is -0.330 e. The molecule has 0 saturated heterocycles. The summed E-state index contributed by atoms with van der Waals surface area (Å²) < 4.78 is 0. The minimum atomic E-state index is 0.686. The van der Waals surface area contributed by atoms with Crippen LogP contribution in [0.3, 0.4) is 0 Å². The first-order valence-electron chi connectivity index (χ1n) is 8.00. The van der Waals surface area contributed by atoms with Crippen LogP contribution in [0.5, 0.6) is 0 Å². The normalized spacial score (nSPS) is 30.7. The fourth-order valence-corrected chi connectivity index (χ4v) is 4.51. The highest BCUT2D eigenvalue weighted by Gasteiger charge is 2.39. The standard InChI is InChI=1S/C18H27N/c1-13-4-2-3-5-16(13)10-15(12-19)11-18-9-14-6-7-17(18)8-14/h2-5,14-15,17-18H,6-12,19H2,1H3. The van der Waals surface area contributed by atoms with E-state index >= 15 is 0 Å². The highest BCUT2D eigenvalue weighted by molar-refractivity contribution is 5.26. The molecule has 0 aromatic heterocycles. The van der Waals surface area contributed by atoms with Crippen molar-refractivity contribution in [1.82, 2.24) is 0 Å². The number of aryl methyl sites for hydroxylation is 1. The first-order valence-corrected chi connectivity index (χ1v) is 8.00. The van der Waals surface area contributed by atoms with Gasteiger partial charge in [0.1, 0.15) is 0 Å². The van der Waals surface area contributed by atoms with Gasteiger partial charge in [0, 0.05) is 0 Å². The van der Waals surface area contributed by atoms with Crippen LogP contribution >= 0.6 is 0 Å². The lowest BCUT2D eigenvalue weighted by molar-refractivity contribution is 0.268. The monoisotopic (exact) mass is 257 g/mol. The van der Waals surface area contributed by atoms with Gasteiger partial charge in [-0.15, -0.1) is 0 Å². The fourth-order valence-electron chi connectivity index (χ4n) is 4.51. The lowest BCUT2D eigenvalue weighted by Crippen LogP contribution is -2.23. The molecule has 0 radical (unpaired) electrons. The maximum Gasteiger partial charge on any atom is -0.00456 e. The molecule has 19 heavy (non-hydrogen) atoms. The van der Waals surface area contributed by atoms with Gasteiger partial charge in [0.25, 0.3) is 0 Å². The van der Waals surface area contributed by atoms with Crippen LogP contribution in [-0.4, -0.2) is 6.54 Å².